The van der Waals surface area contributed by atoms with Crippen molar-refractivity contribution in [3.8, 4) is 11.8 Å². The maximum atomic E-state index is 5.60. The first-order valence-corrected chi connectivity index (χ1v) is 11.2. The van der Waals surface area contributed by atoms with E-state index in [1.54, 1.807) is 0 Å². The molecule has 1 atom stereocenters. The van der Waals surface area contributed by atoms with Crippen LogP contribution in [0.15, 0.2) is 11.6 Å². The molecule has 0 aromatic heterocycles. The Morgan fingerprint density at radius 1 is 1.26 bits per heavy atom. The molecule has 108 valence electrons. The molecule has 1 fully saturated rings. The number of hydrogen-bond donors (Lipinski definition) is 0. The highest BCUT2D eigenvalue weighted by molar-refractivity contribution is 6.76. The summed E-state index contributed by atoms with van der Waals surface area (Å²) in [5, 5.41) is 0. The number of rotatable bonds is 6. The van der Waals surface area contributed by atoms with Gasteiger partial charge >= 0.3 is 0 Å². The molecular formula is C17H30OSi. The molecule has 19 heavy (non-hydrogen) atoms. The van der Waals surface area contributed by atoms with Crippen molar-refractivity contribution in [2.75, 3.05) is 0 Å². The first kappa shape index (κ1) is 16.5. The van der Waals surface area contributed by atoms with Crippen LogP contribution in [0.3, 0.4) is 0 Å². The zero-order valence-electron chi connectivity index (χ0n) is 13.6. The van der Waals surface area contributed by atoms with Gasteiger partial charge in [0.15, 0.2) is 0 Å². The van der Waals surface area contributed by atoms with Gasteiger partial charge in [-0.2, -0.15) is 0 Å². The molecule has 1 nitrogen and oxygen atoms in total. The Bertz CT molecular complexity index is 376. The summed E-state index contributed by atoms with van der Waals surface area (Å²) in [6.07, 6.45) is 7.26. The third kappa shape index (κ3) is 7.60. The van der Waals surface area contributed by atoms with Gasteiger partial charge in [0.25, 0.3) is 0 Å². The lowest BCUT2D eigenvalue weighted by Gasteiger charge is -2.09. The molecule has 0 spiro atoms. The second-order valence-electron chi connectivity index (χ2n) is 7.43. The Morgan fingerprint density at radius 2 is 1.89 bits per heavy atom. The monoisotopic (exact) mass is 278 g/mol. The molecule has 1 aliphatic rings. The smallest absolute Gasteiger partial charge is 0.0892 e. The molecule has 1 unspecified atom stereocenters. The van der Waals surface area contributed by atoms with Crippen LogP contribution in [0.2, 0.25) is 25.7 Å². The highest BCUT2D eigenvalue weighted by Crippen LogP contribution is 2.38. The molecule has 1 rings (SSSR count). The van der Waals surface area contributed by atoms with Gasteiger partial charge in [0, 0.05) is 12.5 Å². The van der Waals surface area contributed by atoms with E-state index in [4.69, 9.17) is 4.74 Å². The van der Waals surface area contributed by atoms with Crippen molar-refractivity contribution in [3.05, 3.63) is 11.6 Å². The lowest BCUT2D eigenvalue weighted by Crippen LogP contribution is -2.17. The number of epoxide rings is 1. The lowest BCUT2D eigenvalue weighted by molar-refractivity contribution is 0.320. The third-order valence-corrected chi connectivity index (χ3v) is 4.71. The van der Waals surface area contributed by atoms with E-state index in [0.717, 1.165) is 31.7 Å². The maximum Gasteiger partial charge on any atom is 0.0892 e. The van der Waals surface area contributed by atoms with E-state index >= 15 is 0 Å². The van der Waals surface area contributed by atoms with Crippen molar-refractivity contribution in [2.24, 2.45) is 0 Å². The van der Waals surface area contributed by atoms with Crippen LogP contribution < -0.4 is 0 Å². The van der Waals surface area contributed by atoms with E-state index in [1.807, 2.05) is 0 Å². The van der Waals surface area contributed by atoms with Crippen LogP contribution in [0.4, 0.5) is 0 Å². The largest absolute Gasteiger partial charge is 0.367 e. The van der Waals surface area contributed by atoms with Crippen molar-refractivity contribution in [1.82, 2.24) is 0 Å². The zero-order chi connectivity index (χ0) is 14.5. The van der Waals surface area contributed by atoms with Crippen LogP contribution in [0.25, 0.3) is 0 Å². The van der Waals surface area contributed by atoms with E-state index < -0.39 is 8.07 Å². The van der Waals surface area contributed by atoms with Gasteiger partial charge in [0.05, 0.1) is 19.8 Å². The minimum absolute atomic E-state index is 0.141. The number of unbranched alkanes of at least 4 members (excludes halogenated alkanes) is 1. The highest BCUT2D eigenvalue weighted by Gasteiger charge is 2.46. The van der Waals surface area contributed by atoms with E-state index in [2.05, 4.69) is 58.3 Å². The third-order valence-electron chi connectivity index (χ3n) is 3.47. The van der Waals surface area contributed by atoms with Gasteiger partial charge in [-0.15, -0.1) is 11.8 Å². The van der Waals surface area contributed by atoms with E-state index in [-0.39, 0.29) is 5.60 Å². The van der Waals surface area contributed by atoms with Crippen LogP contribution >= 0.6 is 0 Å². The SMILES string of the molecule is C/C(=C\CCC#CC[Si](C)(C)C)CCC1OC1(C)C. The number of allylic oxidation sites excluding steroid dienone is 2. The summed E-state index contributed by atoms with van der Waals surface area (Å²) >= 11 is 0. The van der Waals surface area contributed by atoms with Crippen molar-refractivity contribution < 1.29 is 4.74 Å². The van der Waals surface area contributed by atoms with Crippen LogP contribution in [0.1, 0.15) is 46.5 Å². The first-order chi connectivity index (χ1) is 8.71. The molecular weight excluding hydrogens is 248 g/mol. The topological polar surface area (TPSA) is 12.5 Å². The number of ether oxygens (including phenoxy) is 1. The van der Waals surface area contributed by atoms with Gasteiger partial charge in [-0.25, -0.2) is 0 Å². The Hall–Kier alpha value is -0.523. The first-order valence-electron chi connectivity index (χ1n) is 7.50. The van der Waals surface area contributed by atoms with Gasteiger partial charge in [-0.1, -0.05) is 31.3 Å². The summed E-state index contributed by atoms with van der Waals surface area (Å²) in [5.41, 5.74) is 1.63. The Morgan fingerprint density at radius 3 is 2.42 bits per heavy atom. The second-order valence-corrected chi connectivity index (χ2v) is 12.9. The average molecular weight is 279 g/mol. The van der Waals surface area contributed by atoms with E-state index in [9.17, 15) is 0 Å². The van der Waals surface area contributed by atoms with Crippen molar-refractivity contribution in [2.45, 2.75) is 83.8 Å². The maximum absolute atomic E-state index is 5.60. The van der Waals surface area contributed by atoms with Crippen LogP contribution in [0.5, 0.6) is 0 Å². The standard InChI is InChI=1S/C17H30OSi/c1-15(12-13-16-17(2,3)18-16)11-9-7-8-10-14-19(4,5)6/h11,16H,7,9,12-14H2,1-6H3/b15-11+. The number of hydrogen-bond acceptors (Lipinski definition) is 1. The molecule has 0 aromatic carbocycles. The fourth-order valence-electron chi connectivity index (χ4n) is 2.01. The molecule has 1 heterocycles. The summed E-state index contributed by atoms with van der Waals surface area (Å²) in [5.74, 6) is 6.64. The lowest BCUT2D eigenvalue weighted by atomic mass is 10.0. The molecule has 0 N–H and O–H groups in total. The van der Waals surface area contributed by atoms with Crippen LogP contribution in [-0.4, -0.2) is 19.8 Å². The summed E-state index contributed by atoms with van der Waals surface area (Å²) in [4.78, 5) is 0. The normalized spacial score (nSPS) is 21.8. The summed E-state index contributed by atoms with van der Waals surface area (Å²) in [6, 6.07) is 1.13. The molecule has 0 radical (unpaired) electrons. The van der Waals surface area contributed by atoms with Gasteiger partial charge in [0.1, 0.15) is 0 Å². The van der Waals surface area contributed by atoms with Crippen LogP contribution in [-0.2, 0) is 4.74 Å². The fourth-order valence-corrected chi connectivity index (χ4v) is 2.66. The van der Waals surface area contributed by atoms with Gasteiger partial charge in [-0.05, 0) is 40.0 Å². The molecule has 0 aromatic rings. The van der Waals surface area contributed by atoms with Gasteiger partial charge in [-0.3, -0.25) is 0 Å². The van der Waals surface area contributed by atoms with Crippen molar-refractivity contribution >= 4 is 8.07 Å². The second kappa shape index (κ2) is 6.77. The predicted molar refractivity (Wildman–Crippen MR) is 87.1 cm³/mol. The Kier molecular flexibility index (Phi) is 5.89. The molecule has 1 aliphatic heterocycles. The van der Waals surface area contributed by atoms with Crippen molar-refractivity contribution in [1.29, 1.82) is 0 Å². The van der Waals surface area contributed by atoms with E-state index in [0.29, 0.717) is 6.10 Å². The molecule has 2 heteroatoms. The molecule has 1 saturated heterocycles. The molecule has 0 aliphatic carbocycles. The summed E-state index contributed by atoms with van der Waals surface area (Å²) in [7, 11) is -0.974. The molecule has 0 amide bonds. The Balaban J connectivity index is 2.11. The average Bonchev–Trinajstić information content (AvgIpc) is 2.87. The summed E-state index contributed by atoms with van der Waals surface area (Å²) < 4.78 is 5.60. The minimum Gasteiger partial charge on any atom is -0.367 e. The Labute approximate surface area is 120 Å². The van der Waals surface area contributed by atoms with Gasteiger partial charge < -0.3 is 4.74 Å². The predicted octanol–water partition coefficient (Wildman–Crippen LogP) is 5.01. The van der Waals surface area contributed by atoms with Crippen LogP contribution in [0, 0.1) is 11.8 Å². The van der Waals surface area contributed by atoms with Gasteiger partial charge in [0.2, 0.25) is 0 Å². The quantitative estimate of drug-likeness (QED) is 0.219. The molecule has 0 bridgehead atoms. The highest BCUT2D eigenvalue weighted by atomic mass is 28.3. The minimum atomic E-state index is -0.974. The summed E-state index contributed by atoms with van der Waals surface area (Å²) in [6.45, 7) is 13.7. The van der Waals surface area contributed by atoms with Crippen molar-refractivity contribution in [3.63, 3.8) is 0 Å². The fraction of sp³-hybridized carbons (Fsp3) is 0.765. The van der Waals surface area contributed by atoms with E-state index in [1.165, 1.54) is 5.57 Å². The molecule has 0 saturated carbocycles. The zero-order valence-corrected chi connectivity index (χ0v) is 14.6.